The zero-order valence-corrected chi connectivity index (χ0v) is 11.5. The van der Waals surface area contributed by atoms with Gasteiger partial charge in [-0.15, -0.1) is 0 Å². The Kier molecular flexibility index (Phi) is 4.98. The van der Waals surface area contributed by atoms with E-state index in [1.54, 1.807) is 13.0 Å². The van der Waals surface area contributed by atoms with Crippen molar-refractivity contribution in [3.63, 3.8) is 0 Å². The van der Waals surface area contributed by atoms with Gasteiger partial charge in [-0.2, -0.15) is 0 Å². The normalized spacial score (nSPS) is 12.4. The van der Waals surface area contributed by atoms with Crippen molar-refractivity contribution < 1.29 is 18.3 Å². The molecule has 2 nitrogen and oxygen atoms in total. The summed E-state index contributed by atoms with van der Waals surface area (Å²) >= 11 is 0. The Labute approximate surface area is 121 Å². The highest BCUT2D eigenvalue weighted by atomic mass is 19.1. The van der Waals surface area contributed by atoms with Gasteiger partial charge in [-0.1, -0.05) is 6.07 Å². The van der Waals surface area contributed by atoms with Gasteiger partial charge in [0, 0.05) is 23.7 Å². The number of nitrogens with one attached hydrogen (secondary N) is 1. The quantitative estimate of drug-likeness (QED) is 0.885. The zero-order valence-electron chi connectivity index (χ0n) is 11.5. The Morgan fingerprint density at radius 1 is 1.05 bits per heavy atom. The van der Waals surface area contributed by atoms with Gasteiger partial charge in [0.1, 0.15) is 17.5 Å². The van der Waals surface area contributed by atoms with Crippen LogP contribution in [0.3, 0.4) is 0 Å². The van der Waals surface area contributed by atoms with Crippen LogP contribution in [0.25, 0.3) is 0 Å². The number of halogens is 3. The molecule has 0 aliphatic rings. The third-order valence-electron chi connectivity index (χ3n) is 3.32. The van der Waals surface area contributed by atoms with Crippen molar-refractivity contribution in [2.24, 2.45) is 0 Å². The van der Waals surface area contributed by atoms with Gasteiger partial charge in [0.2, 0.25) is 0 Å². The van der Waals surface area contributed by atoms with Crippen molar-refractivity contribution in [2.45, 2.75) is 26.1 Å². The summed E-state index contributed by atoms with van der Waals surface area (Å²) in [5, 5.41) is 12.1. The third-order valence-corrected chi connectivity index (χ3v) is 3.32. The number of aliphatic hydroxyl groups is 1. The van der Waals surface area contributed by atoms with Crippen LogP contribution in [-0.2, 0) is 13.2 Å². The van der Waals surface area contributed by atoms with E-state index in [2.05, 4.69) is 5.32 Å². The molecule has 2 aromatic carbocycles. The number of hydrogen-bond acceptors (Lipinski definition) is 2. The molecule has 0 heterocycles. The largest absolute Gasteiger partial charge is 0.392 e. The fourth-order valence-corrected chi connectivity index (χ4v) is 2.09. The molecule has 0 bridgehead atoms. The predicted octanol–water partition coefficient (Wildman–Crippen LogP) is 3.45. The van der Waals surface area contributed by atoms with E-state index in [4.69, 9.17) is 5.11 Å². The minimum atomic E-state index is -0.496. The first-order chi connectivity index (χ1) is 10.0. The lowest BCUT2D eigenvalue weighted by molar-refractivity contribution is 0.275. The van der Waals surface area contributed by atoms with E-state index >= 15 is 0 Å². The van der Waals surface area contributed by atoms with E-state index in [0.29, 0.717) is 6.54 Å². The topological polar surface area (TPSA) is 32.3 Å². The molecule has 0 fully saturated rings. The standard InChI is InChI=1S/C16H16F3NO/c1-10(14-7-13(17)3-5-16(14)19)20-8-11-2-4-15(18)12(6-11)9-21/h2-7,10,20-21H,8-9H2,1H3. The maximum Gasteiger partial charge on any atom is 0.128 e. The molecule has 1 unspecified atom stereocenters. The fourth-order valence-electron chi connectivity index (χ4n) is 2.09. The molecule has 1 atom stereocenters. The van der Waals surface area contributed by atoms with Gasteiger partial charge in [0.25, 0.3) is 0 Å². The van der Waals surface area contributed by atoms with Crippen molar-refractivity contribution >= 4 is 0 Å². The second kappa shape index (κ2) is 6.74. The van der Waals surface area contributed by atoms with Crippen LogP contribution in [0.5, 0.6) is 0 Å². The smallest absolute Gasteiger partial charge is 0.128 e. The lowest BCUT2D eigenvalue weighted by atomic mass is 10.1. The van der Waals surface area contributed by atoms with Crippen LogP contribution in [-0.4, -0.2) is 5.11 Å². The molecule has 21 heavy (non-hydrogen) atoms. The first-order valence-electron chi connectivity index (χ1n) is 6.57. The first-order valence-corrected chi connectivity index (χ1v) is 6.57. The molecule has 0 aliphatic heterocycles. The number of hydrogen-bond donors (Lipinski definition) is 2. The summed E-state index contributed by atoms with van der Waals surface area (Å²) in [6.45, 7) is 1.69. The van der Waals surface area contributed by atoms with Crippen LogP contribution < -0.4 is 5.32 Å². The lowest BCUT2D eigenvalue weighted by Gasteiger charge is -2.15. The molecule has 0 saturated heterocycles. The fraction of sp³-hybridized carbons (Fsp3) is 0.250. The van der Waals surface area contributed by atoms with Crippen LogP contribution in [0.15, 0.2) is 36.4 Å². The van der Waals surface area contributed by atoms with Crippen LogP contribution in [0.2, 0.25) is 0 Å². The Balaban J connectivity index is 2.07. The predicted molar refractivity (Wildman–Crippen MR) is 73.9 cm³/mol. The highest BCUT2D eigenvalue weighted by molar-refractivity contribution is 5.25. The van der Waals surface area contributed by atoms with Crippen LogP contribution in [0.4, 0.5) is 13.2 Å². The van der Waals surface area contributed by atoms with Gasteiger partial charge in [0.15, 0.2) is 0 Å². The van der Waals surface area contributed by atoms with Gasteiger partial charge < -0.3 is 10.4 Å². The minimum absolute atomic E-state index is 0.207. The maximum absolute atomic E-state index is 13.6. The molecule has 0 spiro atoms. The maximum atomic E-state index is 13.6. The van der Waals surface area contributed by atoms with Gasteiger partial charge in [-0.3, -0.25) is 0 Å². The molecular formula is C16H16F3NO. The van der Waals surface area contributed by atoms with Crippen LogP contribution in [0.1, 0.15) is 29.7 Å². The molecule has 0 aliphatic carbocycles. The number of rotatable bonds is 5. The lowest BCUT2D eigenvalue weighted by Crippen LogP contribution is -2.19. The third kappa shape index (κ3) is 3.83. The summed E-state index contributed by atoms with van der Waals surface area (Å²) in [5.41, 5.74) is 1.20. The van der Waals surface area contributed by atoms with Gasteiger partial charge in [-0.05, 0) is 42.8 Å². The second-order valence-corrected chi connectivity index (χ2v) is 4.85. The summed E-state index contributed by atoms with van der Waals surface area (Å²) in [6.07, 6.45) is 0. The first kappa shape index (κ1) is 15.5. The molecule has 5 heteroatoms. The van der Waals surface area contributed by atoms with Crippen LogP contribution >= 0.6 is 0 Å². The van der Waals surface area contributed by atoms with E-state index in [1.165, 1.54) is 12.1 Å². The average Bonchev–Trinajstić information content (AvgIpc) is 2.48. The average molecular weight is 295 g/mol. The Morgan fingerprint density at radius 2 is 1.76 bits per heavy atom. The Bertz CT molecular complexity index is 631. The van der Waals surface area contributed by atoms with Crippen molar-refractivity contribution in [1.82, 2.24) is 5.32 Å². The van der Waals surface area contributed by atoms with Gasteiger partial charge in [-0.25, -0.2) is 13.2 Å². The highest BCUT2D eigenvalue weighted by Gasteiger charge is 2.12. The SMILES string of the molecule is CC(NCc1ccc(F)c(CO)c1)c1cc(F)ccc1F. The second-order valence-electron chi connectivity index (χ2n) is 4.85. The molecule has 0 saturated carbocycles. The number of aliphatic hydroxyl groups excluding tert-OH is 1. The van der Waals surface area contributed by atoms with E-state index < -0.39 is 23.5 Å². The van der Waals surface area contributed by atoms with Gasteiger partial charge in [0.05, 0.1) is 6.61 Å². The zero-order chi connectivity index (χ0) is 15.4. The molecular weight excluding hydrogens is 279 g/mol. The van der Waals surface area contributed by atoms with E-state index in [1.807, 2.05) is 0 Å². The molecule has 112 valence electrons. The van der Waals surface area contributed by atoms with Crippen LogP contribution in [0, 0.1) is 17.5 Å². The number of benzene rings is 2. The summed E-state index contributed by atoms with van der Waals surface area (Å²) in [4.78, 5) is 0. The van der Waals surface area contributed by atoms with E-state index in [0.717, 1.165) is 23.8 Å². The summed E-state index contributed by atoms with van der Waals surface area (Å²) < 4.78 is 40.0. The minimum Gasteiger partial charge on any atom is -0.392 e. The van der Waals surface area contributed by atoms with Crippen molar-refractivity contribution in [3.05, 3.63) is 70.5 Å². The molecule has 0 radical (unpaired) electrons. The Morgan fingerprint density at radius 3 is 2.48 bits per heavy atom. The van der Waals surface area contributed by atoms with Gasteiger partial charge >= 0.3 is 0 Å². The Hall–Kier alpha value is -1.85. The molecule has 2 aromatic rings. The highest BCUT2D eigenvalue weighted by Crippen LogP contribution is 2.19. The summed E-state index contributed by atoms with van der Waals surface area (Å²) in [7, 11) is 0. The monoisotopic (exact) mass is 295 g/mol. The van der Waals surface area contributed by atoms with Crippen molar-refractivity contribution in [3.8, 4) is 0 Å². The molecule has 0 aromatic heterocycles. The summed E-state index contributed by atoms with van der Waals surface area (Å²) in [5.74, 6) is -1.44. The molecule has 2 rings (SSSR count). The molecule has 2 N–H and O–H groups in total. The van der Waals surface area contributed by atoms with E-state index in [-0.39, 0.29) is 17.7 Å². The van der Waals surface area contributed by atoms with E-state index in [9.17, 15) is 13.2 Å². The summed E-state index contributed by atoms with van der Waals surface area (Å²) in [6, 6.07) is 7.30. The molecule has 0 amide bonds. The van der Waals surface area contributed by atoms with Crippen molar-refractivity contribution in [2.75, 3.05) is 0 Å². The van der Waals surface area contributed by atoms with Crippen molar-refractivity contribution in [1.29, 1.82) is 0 Å².